The Balaban J connectivity index is 1.27. The molecule has 2 aromatic heterocycles. The van der Waals surface area contributed by atoms with E-state index in [0.717, 1.165) is 56.2 Å². The molecule has 1 fully saturated rings. The number of hydrogen-bond donors (Lipinski definition) is 0. The summed E-state index contributed by atoms with van der Waals surface area (Å²) in [6.07, 6.45) is 2.60. The van der Waals surface area contributed by atoms with Crippen LogP contribution in [0, 0.1) is 0 Å². The third-order valence-electron chi connectivity index (χ3n) is 7.45. The number of fused-ring (bicyclic) bond motifs is 3. The number of para-hydroxylation sites is 1. The highest BCUT2D eigenvalue weighted by Crippen LogP contribution is 2.49. The van der Waals surface area contributed by atoms with Gasteiger partial charge >= 0.3 is 6.18 Å². The van der Waals surface area contributed by atoms with E-state index in [2.05, 4.69) is 47.5 Å². The fourth-order valence-electron chi connectivity index (χ4n) is 5.50. The molecule has 0 atom stereocenters. The zero-order valence-electron chi connectivity index (χ0n) is 19.3. The predicted molar refractivity (Wildman–Crippen MR) is 127 cm³/mol. The Morgan fingerprint density at radius 1 is 1.03 bits per heavy atom. The van der Waals surface area contributed by atoms with E-state index < -0.39 is 12.0 Å². The van der Waals surface area contributed by atoms with E-state index in [1.54, 1.807) is 6.07 Å². The summed E-state index contributed by atoms with van der Waals surface area (Å²) in [5.41, 5.74) is 3.79. The Morgan fingerprint density at radius 3 is 2.57 bits per heavy atom. The van der Waals surface area contributed by atoms with Crippen LogP contribution in [-0.2, 0) is 25.2 Å². The van der Waals surface area contributed by atoms with Gasteiger partial charge in [0.25, 0.3) is 0 Å². The van der Waals surface area contributed by atoms with Gasteiger partial charge in [-0.2, -0.15) is 13.2 Å². The molecule has 35 heavy (non-hydrogen) atoms. The molecule has 0 radical (unpaired) electrons. The van der Waals surface area contributed by atoms with Crippen LogP contribution in [0.5, 0.6) is 0 Å². The van der Waals surface area contributed by atoms with Gasteiger partial charge < -0.3 is 9.47 Å². The summed E-state index contributed by atoms with van der Waals surface area (Å²) in [5, 5.41) is 0.596. The maximum atomic E-state index is 13.0. The molecular formula is C26H25F3N6. The number of hydrogen-bond acceptors (Lipinski definition) is 5. The third-order valence-corrected chi connectivity index (χ3v) is 7.45. The van der Waals surface area contributed by atoms with Crippen molar-refractivity contribution in [3.63, 3.8) is 0 Å². The first-order valence-corrected chi connectivity index (χ1v) is 11.7. The zero-order valence-corrected chi connectivity index (χ0v) is 19.3. The highest BCUT2D eigenvalue weighted by atomic mass is 19.4. The normalized spacial score (nSPS) is 17.9. The summed E-state index contributed by atoms with van der Waals surface area (Å²) in [4.78, 5) is 16.5. The number of piperidine rings is 1. The lowest BCUT2D eigenvalue weighted by atomic mass is 9.74. The number of halogens is 3. The number of benzene rings is 2. The number of anilines is 2. The molecule has 1 spiro atoms. The zero-order chi connectivity index (χ0) is 24.2. The number of nitrogens with zero attached hydrogens (tertiary/aromatic N) is 6. The molecule has 0 saturated carbocycles. The number of aromatic nitrogens is 4. The lowest BCUT2D eigenvalue weighted by Gasteiger charge is -2.40. The summed E-state index contributed by atoms with van der Waals surface area (Å²) in [7, 11) is 2.03. The molecule has 0 bridgehead atoms. The monoisotopic (exact) mass is 478 g/mol. The van der Waals surface area contributed by atoms with Gasteiger partial charge in [0.2, 0.25) is 5.82 Å². The molecule has 0 N–H and O–H groups in total. The molecule has 1 saturated heterocycles. The average Bonchev–Trinajstić information content (AvgIpc) is 3.40. The van der Waals surface area contributed by atoms with Gasteiger partial charge in [-0.05, 0) is 55.8 Å². The number of rotatable bonds is 3. The minimum Gasteiger partial charge on any atom is -0.340 e. The second kappa shape index (κ2) is 8.05. The quantitative estimate of drug-likeness (QED) is 0.412. The molecule has 2 aromatic carbocycles. The molecule has 0 amide bonds. The summed E-state index contributed by atoms with van der Waals surface area (Å²) < 4.78 is 41.1. The standard InChI is InChI=1S/C26H25F3N6/c1-33-13-10-30-23(33)16-34-11-8-25(9-12-34)17-35(22-5-3-2-4-20(22)25)19-6-7-21-18(14-19)15-31-24(32-21)26(27,28)29/h2-7,10,13-15H,8-9,11-12,16-17H2,1H3. The molecular weight excluding hydrogens is 453 g/mol. The van der Waals surface area contributed by atoms with Crippen LogP contribution in [0.1, 0.15) is 30.1 Å². The van der Waals surface area contributed by atoms with Crippen LogP contribution in [0.25, 0.3) is 10.9 Å². The van der Waals surface area contributed by atoms with Gasteiger partial charge in [-0.25, -0.2) is 15.0 Å². The van der Waals surface area contributed by atoms with Gasteiger partial charge in [-0.3, -0.25) is 4.90 Å². The van der Waals surface area contributed by atoms with Crippen molar-refractivity contribution >= 4 is 22.3 Å². The number of alkyl halides is 3. The fourth-order valence-corrected chi connectivity index (χ4v) is 5.50. The van der Waals surface area contributed by atoms with Gasteiger partial charge in [0.05, 0.1) is 12.1 Å². The Kier molecular flexibility index (Phi) is 5.07. The van der Waals surface area contributed by atoms with Crippen molar-refractivity contribution < 1.29 is 13.2 Å². The molecule has 0 aliphatic carbocycles. The summed E-state index contributed by atoms with van der Waals surface area (Å²) in [6.45, 7) is 3.66. The van der Waals surface area contributed by atoms with E-state index in [9.17, 15) is 13.2 Å². The van der Waals surface area contributed by atoms with Crippen molar-refractivity contribution in [2.24, 2.45) is 7.05 Å². The molecule has 6 rings (SSSR count). The Bertz CT molecular complexity index is 1390. The van der Waals surface area contributed by atoms with Crippen molar-refractivity contribution in [3.05, 3.63) is 78.3 Å². The number of aryl methyl sites for hydroxylation is 1. The first-order chi connectivity index (χ1) is 16.8. The summed E-state index contributed by atoms with van der Waals surface area (Å²) in [5.74, 6) is -0.0398. The van der Waals surface area contributed by atoms with Crippen LogP contribution in [-0.4, -0.2) is 44.1 Å². The lowest BCUT2D eigenvalue weighted by molar-refractivity contribution is -0.144. The van der Waals surface area contributed by atoms with Crippen LogP contribution in [0.3, 0.4) is 0 Å². The van der Waals surface area contributed by atoms with Crippen molar-refractivity contribution in [3.8, 4) is 0 Å². The van der Waals surface area contributed by atoms with Gasteiger partial charge in [-0.15, -0.1) is 0 Å². The highest BCUT2D eigenvalue weighted by Gasteiger charge is 2.45. The number of imidazole rings is 1. The van der Waals surface area contributed by atoms with Crippen molar-refractivity contribution in [1.82, 2.24) is 24.4 Å². The van der Waals surface area contributed by atoms with Crippen LogP contribution >= 0.6 is 0 Å². The molecule has 2 aliphatic rings. The smallest absolute Gasteiger partial charge is 0.340 e. The maximum absolute atomic E-state index is 13.0. The van der Waals surface area contributed by atoms with Crippen molar-refractivity contribution in [2.75, 3.05) is 24.5 Å². The van der Waals surface area contributed by atoms with Gasteiger partial charge in [-0.1, -0.05) is 18.2 Å². The van der Waals surface area contributed by atoms with Crippen LogP contribution in [0.15, 0.2) is 61.1 Å². The molecule has 4 aromatic rings. The Labute approximate surface area is 201 Å². The van der Waals surface area contributed by atoms with Gasteiger partial charge in [0.1, 0.15) is 5.82 Å². The van der Waals surface area contributed by atoms with Gasteiger partial charge in [0.15, 0.2) is 0 Å². The Morgan fingerprint density at radius 2 is 1.83 bits per heavy atom. The van der Waals surface area contributed by atoms with E-state index >= 15 is 0 Å². The van der Waals surface area contributed by atoms with E-state index in [-0.39, 0.29) is 5.41 Å². The molecule has 6 nitrogen and oxygen atoms in total. The fraction of sp³-hybridized carbons (Fsp3) is 0.346. The number of likely N-dealkylation sites (tertiary alicyclic amines) is 1. The first-order valence-electron chi connectivity index (χ1n) is 11.7. The lowest BCUT2D eigenvalue weighted by Crippen LogP contribution is -2.44. The molecule has 0 unspecified atom stereocenters. The van der Waals surface area contributed by atoms with Crippen LogP contribution in [0.4, 0.5) is 24.5 Å². The van der Waals surface area contributed by atoms with Gasteiger partial charge in [0, 0.05) is 54.4 Å². The first kappa shape index (κ1) is 22.0. The van der Waals surface area contributed by atoms with E-state index in [1.807, 2.05) is 37.6 Å². The minimum absolute atomic E-state index is 0.0420. The molecule has 4 heterocycles. The summed E-state index contributed by atoms with van der Waals surface area (Å²) >= 11 is 0. The summed E-state index contributed by atoms with van der Waals surface area (Å²) in [6, 6.07) is 13.9. The van der Waals surface area contributed by atoms with Crippen molar-refractivity contribution in [2.45, 2.75) is 31.0 Å². The molecule has 9 heteroatoms. The molecule has 2 aliphatic heterocycles. The topological polar surface area (TPSA) is 50.1 Å². The average molecular weight is 479 g/mol. The Hall–Kier alpha value is -3.46. The van der Waals surface area contributed by atoms with E-state index in [1.165, 1.54) is 11.8 Å². The van der Waals surface area contributed by atoms with Crippen LogP contribution in [0.2, 0.25) is 0 Å². The predicted octanol–water partition coefficient (Wildman–Crippen LogP) is 5.07. The third kappa shape index (κ3) is 3.83. The minimum atomic E-state index is -4.56. The second-order valence-electron chi connectivity index (χ2n) is 9.55. The largest absolute Gasteiger partial charge is 0.451 e. The maximum Gasteiger partial charge on any atom is 0.451 e. The van der Waals surface area contributed by atoms with Crippen LogP contribution < -0.4 is 4.90 Å². The van der Waals surface area contributed by atoms with Crippen molar-refractivity contribution in [1.29, 1.82) is 0 Å². The second-order valence-corrected chi connectivity index (χ2v) is 9.55. The van der Waals surface area contributed by atoms with E-state index in [0.29, 0.717) is 10.9 Å². The SMILES string of the molecule is Cn1ccnc1CN1CCC2(CC1)CN(c1ccc3nc(C(F)(F)F)ncc3c1)c1ccccc12. The molecule has 180 valence electrons. The highest BCUT2D eigenvalue weighted by molar-refractivity contribution is 5.85. The van der Waals surface area contributed by atoms with E-state index in [4.69, 9.17) is 0 Å².